The van der Waals surface area contributed by atoms with Crippen molar-refractivity contribution in [1.82, 2.24) is 4.98 Å². The number of carbonyl (C=O) groups excluding carboxylic acids is 1. The van der Waals surface area contributed by atoms with Crippen molar-refractivity contribution in [1.29, 1.82) is 0 Å². The van der Waals surface area contributed by atoms with Crippen molar-refractivity contribution in [2.75, 3.05) is 5.32 Å². The third kappa shape index (κ3) is 4.59. The third-order valence-electron chi connectivity index (χ3n) is 4.85. The first-order valence-corrected chi connectivity index (χ1v) is 9.92. The SMILES string of the molecule is CC=CCc1c(C)nc(C)c(C(=O)Nc2c(CC)cc(C)cc2CC)c1Cl. The van der Waals surface area contributed by atoms with E-state index in [0.717, 1.165) is 40.9 Å². The molecule has 1 aromatic heterocycles. The number of aromatic nitrogens is 1. The standard InChI is InChI=1S/C23H29ClN2O/c1-7-10-11-19-15(5)25-16(6)20(21(19)24)23(27)26-22-17(8-2)12-14(4)13-18(22)9-3/h7,10,12-13H,8-9,11H2,1-6H3,(H,26,27). The Bertz CT molecular complexity index is 859. The lowest BCUT2D eigenvalue weighted by molar-refractivity contribution is 0.102. The molecule has 4 heteroatoms. The molecule has 0 bridgehead atoms. The van der Waals surface area contributed by atoms with Gasteiger partial charge in [-0.15, -0.1) is 0 Å². The van der Waals surface area contributed by atoms with Crippen LogP contribution in [-0.4, -0.2) is 10.9 Å². The summed E-state index contributed by atoms with van der Waals surface area (Å²) in [5.41, 5.74) is 7.29. The van der Waals surface area contributed by atoms with Gasteiger partial charge in [0.15, 0.2) is 0 Å². The molecule has 0 aliphatic rings. The Labute approximate surface area is 167 Å². The minimum absolute atomic E-state index is 0.194. The molecule has 0 saturated carbocycles. The molecule has 1 amide bonds. The summed E-state index contributed by atoms with van der Waals surface area (Å²) in [4.78, 5) is 17.7. The van der Waals surface area contributed by atoms with E-state index in [1.54, 1.807) is 0 Å². The topological polar surface area (TPSA) is 42.0 Å². The minimum atomic E-state index is -0.194. The fourth-order valence-electron chi connectivity index (χ4n) is 3.42. The van der Waals surface area contributed by atoms with Crippen molar-refractivity contribution < 1.29 is 4.79 Å². The molecule has 0 atom stereocenters. The Morgan fingerprint density at radius 2 is 1.70 bits per heavy atom. The third-order valence-corrected chi connectivity index (χ3v) is 5.27. The van der Waals surface area contributed by atoms with E-state index in [1.165, 1.54) is 5.56 Å². The molecule has 0 aliphatic carbocycles. The second-order valence-corrected chi connectivity index (χ2v) is 7.22. The van der Waals surface area contributed by atoms with Gasteiger partial charge < -0.3 is 5.32 Å². The molecule has 27 heavy (non-hydrogen) atoms. The van der Waals surface area contributed by atoms with E-state index < -0.39 is 0 Å². The first kappa shape index (κ1) is 21.2. The molecular weight excluding hydrogens is 356 g/mol. The van der Waals surface area contributed by atoms with Crippen molar-refractivity contribution >= 4 is 23.2 Å². The van der Waals surface area contributed by atoms with Gasteiger partial charge in [0.1, 0.15) is 0 Å². The number of allylic oxidation sites excluding steroid dienone is 2. The lowest BCUT2D eigenvalue weighted by Crippen LogP contribution is -2.18. The first-order chi connectivity index (χ1) is 12.8. The number of carbonyl (C=O) groups is 1. The molecule has 3 nitrogen and oxygen atoms in total. The smallest absolute Gasteiger partial charge is 0.259 e. The maximum atomic E-state index is 13.2. The lowest BCUT2D eigenvalue weighted by atomic mass is 9.99. The van der Waals surface area contributed by atoms with Crippen LogP contribution in [0.2, 0.25) is 5.02 Å². The summed E-state index contributed by atoms with van der Waals surface area (Å²) in [7, 11) is 0. The Hall–Kier alpha value is -2.13. The number of pyridine rings is 1. The van der Waals surface area contributed by atoms with E-state index in [1.807, 2.05) is 32.9 Å². The number of nitrogens with one attached hydrogen (secondary N) is 1. The number of anilines is 1. The van der Waals surface area contributed by atoms with E-state index in [0.29, 0.717) is 22.7 Å². The largest absolute Gasteiger partial charge is 0.321 e. The Kier molecular flexibility index (Phi) is 7.20. The number of halogens is 1. The molecule has 0 aliphatic heterocycles. The van der Waals surface area contributed by atoms with Crippen molar-refractivity contribution in [2.24, 2.45) is 0 Å². The number of amides is 1. The van der Waals surface area contributed by atoms with E-state index in [9.17, 15) is 4.79 Å². The highest BCUT2D eigenvalue weighted by molar-refractivity contribution is 6.35. The first-order valence-electron chi connectivity index (χ1n) is 9.54. The van der Waals surface area contributed by atoms with Crippen LogP contribution in [0.5, 0.6) is 0 Å². The molecule has 0 unspecified atom stereocenters. The van der Waals surface area contributed by atoms with Crippen LogP contribution in [0.1, 0.15) is 64.8 Å². The molecule has 0 spiro atoms. The van der Waals surface area contributed by atoms with Gasteiger partial charge in [-0.3, -0.25) is 9.78 Å². The van der Waals surface area contributed by atoms with Crippen LogP contribution in [-0.2, 0) is 19.3 Å². The maximum absolute atomic E-state index is 13.2. The Balaban J connectivity index is 2.51. The van der Waals surface area contributed by atoms with Crippen LogP contribution < -0.4 is 5.32 Å². The van der Waals surface area contributed by atoms with Gasteiger partial charge in [-0.1, -0.05) is 55.3 Å². The Morgan fingerprint density at radius 3 is 2.22 bits per heavy atom. The van der Waals surface area contributed by atoms with Crippen LogP contribution in [0.3, 0.4) is 0 Å². The van der Waals surface area contributed by atoms with Gasteiger partial charge in [0, 0.05) is 11.4 Å². The fourth-order valence-corrected chi connectivity index (χ4v) is 3.85. The summed E-state index contributed by atoms with van der Waals surface area (Å²) >= 11 is 6.65. The van der Waals surface area contributed by atoms with Gasteiger partial charge in [0.05, 0.1) is 16.3 Å². The Morgan fingerprint density at radius 1 is 1.11 bits per heavy atom. The zero-order valence-corrected chi connectivity index (χ0v) is 17.9. The van der Waals surface area contributed by atoms with E-state index in [-0.39, 0.29) is 5.91 Å². The van der Waals surface area contributed by atoms with Crippen LogP contribution in [0, 0.1) is 20.8 Å². The van der Waals surface area contributed by atoms with Crippen molar-refractivity contribution in [3.8, 4) is 0 Å². The number of hydrogen-bond acceptors (Lipinski definition) is 2. The zero-order valence-electron chi connectivity index (χ0n) is 17.2. The molecule has 2 aromatic rings. The van der Waals surface area contributed by atoms with Gasteiger partial charge >= 0.3 is 0 Å². The zero-order chi connectivity index (χ0) is 20.1. The van der Waals surface area contributed by atoms with Gasteiger partial charge in [0.25, 0.3) is 5.91 Å². The predicted octanol–water partition coefficient (Wildman–Crippen LogP) is 6.16. The van der Waals surface area contributed by atoms with E-state index in [4.69, 9.17) is 11.6 Å². The monoisotopic (exact) mass is 384 g/mol. The number of nitrogens with zero attached hydrogens (tertiary/aromatic N) is 1. The fraction of sp³-hybridized carbons (Fsp3) is 0.391. The average Bonchev–Trinajstić information content (AvgIpc) is 2.62. The van der Waals surface area contributed by atoms with Gasteiger partial charge in [-0.25, -0.2) is 0 Å². The summed E-state index contributed by atoms with van der Waals surface area (Å²) in [6.45, 7) is 12.0. The molecule has 0 saturated heterocycles. The van der Waals surface area contributed by atoms with Gasteiger partial charge in [-0.05, 0) is 63.6 Å². The van der Waals surface area contributed by atoms with Crippen LogP contribution >= 0.6 is 11.6 Å². The highest BCUT2D eigenvalue weighted by Gasteiger charge is 2.21. The van der Waals surface area contributed by atoms with E-state index >= 15 is 0 Å². The van der Waals surface area contributed by atoms with Crippen molar-refractivity contribution in [2.45, 2.75) is 60.8 Å². The molecule has 0 fully saturated rings. The minimum Gasteiger partial charge on any atom is -0.321 e. The predicted molar refractivity (Wildman–Crippen MR) is 115 cm³/mol. The highest BCUT2D eigenvalue weighted by atomic mass is 35.5. The average molecular weight is 385 g/mol. The number of hydrogen-bond donors (Lipinski definition) is 1. The molecule has 2 rings (SSSR count). The summed E-state index contributed by atoms with van der Waals surface area (Å²) in [5.74, 6) is -0.194. The molecular formula is C23H29ClN2O. The number of aryl methyl sites for hydroxylation is 5. The molecule has 1 heterocycles. The molecule has 1 N–H and O–H groups in total. The summed E-state index contributed by atoms with van der Waals surface area (Å²) in [5, 5.41) is 3.63. The summed E-state index contributed by atoms with van der Waals surface area (Å²) < 4.78 is 0. The lowest BCUT2D eigenvalue weighted by Gasteiger charge is -2.18. The van der Waals surface area contributed by atoms with Crippen molar-refractivity contribution in [3.05, 3.63) is 68.5 Å². The molecule has 1 aromatic carbocycles. The highest BCUT2D eigenvalue weighted by Crippen LogP contribution is 2.30. The quantitative estimate of drug-likeness (QED) is 0.606. The summed E-state index contributed by atoms with van der Waals surface area (Å²) in [6, 6.07) is 4.27. The number of benzene rings is 1. The maximum Gasteiger partial charge on any atom is 0.259 e. The second-order valence-electron chi connectivity index (χ2n) is 6.84. The van der Waals surface area contributed by atoms with Crippen LogP contribution in [0.4, 0.5) is 5.69 Å². The summed E-state index contributed by atoms with van der Waals surface area (Å²) in [6.07, 6.45) is 6.38. The van der Waals surface area contributed by atoms with Crippen LogP contribution in [0.25, 0.3) is 0 Å². The van der Waals surface area contributed by atoms with Gasteiger partial charge in [-0.2, -0.15) is 0 Å². The van der Waals surface area contributed by atoms with Crippen LogP contribution in [0.15, 0.2) is 24.3 Å². The van der Waals surface area contributed by atoms with Gasteiger partial charge in [0.2, 0.25) is 0 Å². The molecule has 144 valence electrons. The van der Waals surface area contributed by atoms with Crippen molar-refractivity contribution in [3.63, 3.8) is 0 Å². The molecule has 0 radical (unpaired) electrons. The normalized spacial score (nSPS) is 11.2. The van der Waals surface area contributed by atoms with E-state index in [2.05, 4.69) is 43.2 Å². The second kappa shape index (κ2) is 9.18. The number of rotatable bonds is 6.